The summed E-state index contributed by atoms with van der Waals surface area (Å²) in [6.07, 6.45) is 0. The molecule has 0 heterocycles. The number of likely N-dealkylation sites (N-methyl/N-ethyl adjacent to an activating group) is 1. The SMILES string of the molecule is CCS(=O)(=O)c1ccccc1C(=O)NC[C@@H](c1ccccc1Cl)N(C)C. The van der Waals surface area contributed by atoms with Gasteiger partial charge in [-0.15, -0.1) is 0 Å². The van der Waals surface area contributed by atoms with Crippen molar-refractivity contribution in [3.8, 4) is 0 Å². The van der Waals surface area contributed by atoms with Crippen molar-refractivity contribution in [3.63, 3.8) is 0 Å². The van der Waals surface area contributed by atoms with Crippen molar-refractivity contribution in [1.29, 1.82) is 0 Å². The Labute approximate surface area is 159 Å². The van der Waals surface area contributed by atoms with Crippen LogP contribution in [0.4, 0.5) is 0 Å². The van der Waals surface area contributed by atoms with E-state index in [1.807, 2.05) is 37.2 Å². The van der Waals surface area contributed by atoms with Gasteiger partial charge in [-0.2, -0.15) is 0 Å². The molecular weight excluding hydrogens is 372 g/mol. The summed E-state index contributed by atoms with van der Waals surface area (Å²) < 4.78 is 24.5. The third-order valence-electron chi connectivity index (χ3n) is 4.19. The molecule has 0 saturated carbocycles. The highest BCUT2D eigenvalue weighted by atomic mass is 35.5. The first-order valence-corrected chi connectivity index (χ1v) is 10.3. The van der Waals surface area contributed by atoms with Gasteiger partial charge in [0.25, 0.3) is 5.91 Å². The lowest BCUT2D eigenvalue weighted by Gasteiger charge is -2.26. The highest BCUT2D eigenvalue weighted by Gasteiger charge is 2.22. The number of hydrogen-bond acceptors (Lipinski definition) is 4. The summed E-state index contributed by atoms with van der Waals surface area (Å²) in [6.45, 7) is 1.86. The van der Waals surface area contributed by atoms with E-state index in [9.17, 15) is 13.2 Å². The number of hydrogen-bond donors (Lipinski definition) is 1. The molecule has 0 unspecified atom stereocenters. The van der Waals surface area contributed by atoms with Crippen molar-refractivity contribution < 1.29 is 13.2 Å². The van der Waals surface area contributed by atoms with Gasteiger partial charge in [0.1, 0.15) is 0 Å². The van der Waals surface area contributed by atoms with Crippen LogP contribution in [0.5, 0.6) is 0 Å². The van der Waals surface area contributed by atoms with Crippen molar-refractivity contribution in [1.82, 2.24) is 10.2 Å². The normalized spacial score (nSPS) is 12.8. The van der Waals surface area contributed by atoms with Crippen LogP contribution in [0.3, 0.4) is 0 Å². The number of sulfone groups is 1. The molecule has 1 N–H and O–H groups in total. The highest BCUT2D eigenvalue weighted by Crippen LogP contribution is 2.25. The molecule has 7 heteroatoms. The van der Waals surface area contributed by atoms with Gasteiger partial charge in [-0.25, -0.2) is 8.42 Å². The zero-order valence-corrected chi connectivity index (χ0v) is 16.6. The molecule has 5 nitrogen and oxygen atoms in total. The van der Waals surface area contributed by atoms with Crippen molar-refractivity contribution >= 4 is 27.3 Å². The Balaban J connectivity index is 2.24. The zero-order valence-electron chi connectivity index (χ0n) is 15.1. The van der Waals surface area contributed by atoms with Crippen molar-refractivity contribution in [2.24, 2.45) is 0 Å². The Morgan fingerprint density at radius 2 is 1.73 bits per heavy atom. The third-order valence-corrected chi connectivity index (χ3v) is 6.32. The highest BCUT2D eigenvalue weighted by molar-refractivity contribution is 7.91. The van der Waals surface area contributed by atoms with Gasteiger partial charge in [0.15, 0.2) is 9.84 Å². The molecular formula is C19H23ClN2O3S. The lowest BCUT2D eigenvalue weighted by atomic mass is 10.1. The van der Waals surface area contributed by atoms with Crippen LogP contribution in [0.15, 0.2) is 53.4 Å². The van der Waals surface area contributed by atoms with Gasteiger partial charge in [0.05, 0.1) is 22.3 Å². The summed E-state index contributed by atoms with van der Waals surface area (Å²) in [5.74, 6) is -0.478. The molecule has 1 atom stereocenters. The number of rotatable bonds is 7. The monoisotopic (exact) mass is 394 g/mol. The Kier molecular flexibility index (Phi) is 6.81. The third kappa shape index (κ3) is 4.63. The molecule has 2 aromatic carbocycles. The van der Waals surface area contributed by atoms with Crippen LogP contribution in [0.1, 0.15) is 28.9 Å². The minimum absolute atomic E-state index is 0.0548. The second kappa shape index (κ2) is 8.66. The molecule has 1 amide bonds. The van der Waals surface area contributed by atoms with Crippen LogP contribution in [0.2, 0.25) is 5.02 Å². The first kappa shape index (κ1) is 20.4. The van der Waals surface area contributed by atoms with E-state index < -0.39 is 15.7 Å². The van der Waals surface area contributed by atoms with E-state index in [2.05, 4.69) is 5.32 Å². The van der Waals surface area contributed by atoms with Crippen LogP contribution < -0.4 is 5.32 Å². The van der Waals surface area contributed by atoms with E-state index in [-0.39, 0.29) is 22.3 Å². The molecule has 0 saturated heterocycles. The Hall–Kier alpha value is -1.89. The predicted octanol–water partition coefficient (Wildman–Crippen LogP) is 3.17. The second-order valence-electron chi connectivity index (χ2n) is 6.11. The van der Waals surface area contributed by atoms with E-state index in [1.54, 1.807) is 25.1 Å². The minimum Gasteiger partial charge on any atom is -0.350 e. The first-order valence-electron chi connectivity index (χ1n) is 8.28. The summed E-state index contributed by atoms with van der Waals surface area (Å²) in [4.78, 5) is 14.7. The number of benzene rings is 2. The van der Waals surface area contributed by atoms with Gasteiger partial charge >= 0.3 is 0 Å². The average molecular weight is 395 g/mol. The van der Waals surface area contributed by atoms with Gasteiger partial charge in [-0.1, -0.05) is 48.9 Å². The molecule has 0 spiro atoms. The predicted molar refractivity (Wildman–Crippen MR) is 104 cm³/mol. The summed E-state index contributed by atoms with van der Waals surface area (Å²) in [6, 6.07) is 13.6. The Bertz CT molecular complexity index is 882. The van der Waals surface area contributed by atoms with Crippen LogP contribution in [-0.2, 0) is 9.84 Å². The number of nitrogens with zero attached hydrogens (tertiary/aromatic N) is 1. The van der Waals surface area contributed by atoms with Crippen LogP contribution in [0.25, 0.3) is 0 Å². The largest absolute Gasteiger partial charge is 0.350 e. The standard InChI is InChI=1S/C19H23ClN2O3S/c1-4-26(24,25)18-12-8-6-10-15(18)19(23)21-13-17(22(2)3)14-9-5-7-11-16(14)20/h5-12,17H,4,13H2,1-3H3,(H,21,23)/t17-/m0/s1. The number of nitrogens with one attached hydrogen (secondary N) is 1. The first-order chi connectivity index (χ1) is 12.3. The van der Waals surface area contributed by atoms with Crippen LogP contribution in [-0.4, -0.2) is 45.6 Å². The van der Waals surface area contributed by atoms with Gasteiger partial charge in [-0.3, -0.25) is 4.79 Å². The lowest BCUT2D eigenvalue weighted by Crippen LogP contribution is -2.35. The maximum atomic E-state index is 12.6. The number of carbonyl (C=O) groups excluding carboxylic acids is 1. The number of halogens is 1. The fourth-order valence-electron chi connectivity index (χ4n) is 2.68. The topological polar surface area (TPSA) is 66.5 Å². The molecule has 0 fully saturated rings. The molecule has 0 radical (unpaired) electrons. The van der Waals surface area contributed by atoms with Crippen molar-refractivity contribution in [2.75, 3.05) is 26.4 Å². The van der Waals surface area contributed by atoms with E-state index in [1.165, 1.54) is 12.1 Å². The van der Waals surface area contributed by atoms with Crippen LogP contribution >= 0.6 is 11.6 Å². The van der Waals surface area contributed by atoms with E-state index in [4.69, 9.17) is 11.6 Å². The number of amides is 1. The van der Waals surface area contributed by atoms with Crippen LogP contribution in [0, 0.1) is 0 Å². The lowest BCUT2D eigenvalue weighted by molar-refractivity contribution is 0.0938. The van der Waals surface area contributed by atoms with Crippen molar-refractivity contribution in [2.45, 2.75) is 17.9 Å². The van der Waals surface area contributed by atoms with E-state index in [0.29, 0.717) is 11.6 Å². The Morgan fingerprint density at radius 3 is 2.35 bits per heavy atom. The second-order valence-corrected chi connectivity index (χ2v) is 8.76. The summed E-state index contributed by atoms with van der Waals surface area (Å²) in [5.41, 5.74) is 1.06. The molecule has 0 aliphatic heterocycles. The van der Waals surface area contributed by atoms with Gasteiger partial charge in [0, 0.05) is 11.6 Å². The molecule has 0 aliphatic rings. The summed E-state index contributed by atoms with van der Waals surface area (Å²) in [7, 11) is 0.317. The van der Waals surface area contributed by atoms with E-state index in [0.717, 1.165) is 5.56 Å². The molecule has 0 aliphatic carbocycles. The van der Waals surface area contributed by atoms with E-state index >= 15 is 0 Å². The smallest absolute Gasteiger partial charge is 0.252 e. The molecule has 140 valence electrons. The molecule has 2 rings (SSSR count). The fraction of sp³-hybridized carbons (Fsp3) is 0.316. The van der Waals surface area contributed by atoms with Gasteiger partial charge in [-0.05, 0) is 37.9 Å². The number of carbonyl (C=O) groups is 1. The summed E-state index contributed by atoms with van der Waals surface area (Å²) in [5, 5.41) is 3.46. The maximum Gasteiger partial charge on any atom is 0.252 e. The summed E-state index contributed by atoms with van der Waals surface area (Å²) >= 11 is 6.28. The molecule has 0 aromatic heterocycles. The van der Waals surface area contributed by atoms with Crippen molar-refractivity contribution in [3.05, 3.63) is 64.7 Å². The Morgan fingerprint density at radius 1 is 1.12 bits per heavy atom. The zero-order chi connectivity index (χ0) is 19.3. The minimum atomic E-state index is -3.48. The average Bonchev–Trinajstić information content (AvgIpc) is 2.63. The quantitative estimate of drug-likeness (QED) is 0.783. The molecule has 26 heavy (non-hydrogen) atoms. The van der Waals surface area contributed by atoms with Gasteiger partial charge < -0.3 is 10.2 Å². The maximum absolute atomic E-state index is 12.6. The molecule has 0 bridgehead atoms. The fourth-order valence-corrected chi connectivity index (χ4v) is 4.04. The molecule has 2 aromatic rings. The van der Waals surface area contributed by atoms with Gasteiger partial charge in [0.2, 0.25) is 0 Å².